The Bertz CT molecular complexity index is 1250. The van der Waals surface area contributed by atoms with Crippen LogP contribution < -0.4 is 18.9 Å². The first-order chi connectivity index (χ1) is 18.1. The van der Waals surface area contributed by atoms with Crippen molar-refractivity contribution in [2.45, 2.75) is 0 Å². The van der Waals surface area contributed by atoms with E-state index in [2.05, 4.69) is 17.2 Å². The van der Waals surface area contributed by atoms with E-state index in [4.69, 9.17) is 18.9 Å². The Hall–Kier alpha value is -4.84. The van der Waals surface area contributed by atoms with E-state index in [1.807, 2.05) is 97.1 Å². The fraction of sp³-hybridized carbons (Fsp3) is 0.121. The molecule has 0 bridgehead atoms. The summed E-state index contributed by atoms with van der Waals surface area (Å²) in [7, 11) is 6.62. The number of hydrogen-bond donors (Lipinski definition) is 0. The lowest BCUT2D eigenvalue weighted by molar-refractivity contribution is 0.414. The van der Waals surface area contributed by atoms with Crippen molar-refractivity contribution in [3.05, 3.63) is 137 Å². The van der Waals surface area contributed by atoms with Crippen molar-refractivity contribution in [3.8, 4) is 23.0 Å². The topological polar surface area (TPSA) is 36.9 Å². The van der Waals surface area contributed by atoms with Gasteiger partial charge in [0.1, 0.15) is 23.0 Å². The van der Waals surface area contributed by atoms with Gasteiger partial charge in [-0.2, -0.15) is 0 Å². The molecule has 0 fully saturated rings. The first kappa shape index (κ1) is 25.3. The Labute approximate surface area is 218 Å². The number of hydrogen-bond acceptors (Lipinski definition) is 4. The third kappa shape index (κ3) is 6.24. The lowest BCUT2D eigenvalue weighted by Gasteiger charge is -2.08. The zero-order valence-electron chi connectivity index (χ0n) is 21.4. The van der Waals surface area contributed by atoms with Crippen molar-refractivity contribution >= 4 is 11.1 Å². The maximum Gasteiger partial charge on any atom is 0.118 e. The standard InChI is InChI=1S/C33H28O4/c1-34-28-16-8-24(9-17-28)32(25-10-18-29(35-2)19-11-25)6-5-7-33(26-12-20-30(36-3)21-13-26)27-14-22-31(37-4)23-15-27/h8-23H,1-4H3. The largest absolute Gasteiger partial charge is 0.497 e. The van der Waals surface area contributed by atoms with Gasteiger partial charge in [-0.05, 0) is 76.5 Å². The molecular weight excluding hydrogens is 460 g/mol. The summed E-state index contributed by atoms with van der Waals surface area (Å²) in [5, 5.41) is 0. The second-order valence-electron chi connectivity index (χ2n) is 8.04. The normalized spacial score (nSPS) is 9.84. The molecule has 0 heterocycles. The SMILES string of the molecule is COc1ccc(C(=C=C=C=C(c2ccc(OC)cc2)c2ccc(OC)cc2)c2ccc(OC)cc2)cc1. The first-order valence-electron chi connectivity index (χ1n) is 11.7. The van der Waals surface area contributed by atoms with Crippen molar-refractivity contribution < 1.29 is 18.9 Å². The molecule has 0 aromatic heterocycles. The fourth-order valence-corrected chi connectivity index (χ4v) is 3.81. The predicted molar refractivity (Wildman–Crippen MR) is 148 cm³/mol. The molecule has 184 valence electrons. The Kier molecular flexibility index (Phi) is 8.34. The average molecular weight is 489 g/mol. The maximum atomic E-state index is 5.33. The van der Waals surface area contributed by atoms with Crippen LogP contribution >= 0.6 is 0 Å². The van der Waals surface area contributed by atoms with Gasteiger partial charge in [0.15, 0.2) is 0 Å². The number of methoxy groups -OCH3 is 4. The lowest BCUT2D eigenvalue weighted by Crippen LogP contribution is -1.89. The Morgan fingerprint density at radius 3 is 0.784 bits per heavy atom. The molecule has 0 spiro atoms. The molecular formula is C33H28O4. The van der Waals surface area contributed by atoms with Crippen molar-refractivity contribution in [2.24, 2.45) is 0 Å². The van der Waals surface area contributed by atoms with E-state index in [-0.39, 0.29) is 0 Å². The average Bonchev–Trinajstić information content (AvgIpc) is 2.98. The predicted octanol–water partition coefficient (Wildman–Crippen LogP) is 7.19. The lowest BCUT2D eigenvalue weighted by atomic mass is 9.98. The molecule has 0 N–H and O–H groups in total. The van der Waals surface area contributed by atoms with Crippen LogP contribution in [0.2, 0.25) is 0 Å². The molecule has 4 nitrogen and oxygen atoms in total. The number of ether oxygens (including phenoxy) is 4. The van der Waals surface area contributed by atoms with Gasteiger partial charge in [0.2, 0.25) is 0 Å². The summed E-state index contributed by atoms with van der Waals surface area (Å²) in [6, 6.07) is 31.5. The van der Waals surface area contributed by atoms with E-state index in [1.54, 1.807) is 28.4 Å². The van der Waals surface area contributed by atoms with E-state index in [1.165, 1.54) is 0 Å². The summed E-state index contributed by atoms with van der Waals surface area (Å²) >= 11 is 0. The summed E-state index contributed by atoms with van der Waals surface area (Å²) in [5.41, 5.74) is 15.6. The van der Waals surface area contributed by atoms with Crippen LogP contribution in [0.4, 0.5) is 0 Å². The van der Waals surface area contributed by atoms with Crippen molar-refractivity contribution in [1.29, 1.82) is 0 Å². The van der Waals surface area contributed by atoms with Crippen LogP contribution in [0.5, 0.6) is 23.0 Å². The van der Waals surface area contributed by atoms with Crippen LogP contribution in [0.25, 0.3) is 11.1 Å². The Morgan fingerprint density at radius 2 is 0.595 bits per heavy atom. The van der Waals surface area contributed by atoms with Crippen LogP contribution in [-0.4, -0.2) is 28.4 Å². The summed E-state index contributed by atoms with van der Waals surface area (Å²) in [6.07, 6.45) is 0. The van der Waals surface area contributed by atoms with Crippen LogP contribution in [0.15, 0.2) is 114 Å². The smallest absolute Gasteiger partial charge is 0.118 e. The van der Waals surface area contributed by atoms with Gasteiger partial charge in [-0.3, -0.25) is 0 Å². The molecule has 0 amide bonds. The molecule has 37 heavy (non-hydrogen) atoms. The van der Waals surface area contributed by atoms with Gasteiger partial charge in [0.05, 0.1) is 28.4 Å². The minimum Gasteiger partial charge on any atom is -0.497 e. The Morgan fingerprint density at radius 1 is 0.378 bits per heavy atom. The van der Waals surface area contributed by atoms with Crippen molar-refractivity contribution in [3.63, 3.8) is 0 Å². The van der Waals surface area contributed by atoms with Gasteiger partial charge >= 0.3 is 0 Å². The molecule has 0 saturated carbocycles. The highest BCUT2D eigenvalue weighted by Crippen LogP contribution is 2.28. The molecule has 0 atom stereocenters. The van der Waals surface area contributed by atoms with Gasteiger partial charge in [-0.1, -0.05) is 60.0 Å². The first-order valence-corrected chi connectivity index (χ1v) is 11.7. The van der Waals surface area contributed by atoms with Gasteiger partial charge in [-0.25, -0.2) is 0 Å². The van der Waals surface area contributed by atoms with Crippen molar-refractivity contribution in [2.75, 3.05) is 28.4 Å². The second-order valence-corrected chi connectivity index (χ2v) is 8.04. The van der Waals surface area contributed by atoms with Gasteiger partial charge in [0.25, 0.3) is 0 Å². The van der Waals surface area contributed by atoms with Crippen LogP contribution in [0.1, 0.15) is 22.3 Å². The minimum absolute atomic E-state index is 0.790. The molecule has 0 aliphatic heterocycles. The van der Waals surface area contributed by atoms with Gasteiger partial charge < -0.3 is 18.9 Å². The molecule has 0 aliphatic rings. The highest BCUT2D eigenvalue weighted by molar-refractivity contribution is 5.81. The van der Waals surface area contributed by atoms with Gasteiger partial charge in [-0.15, -0.1) is 0 Å². The number of rotatable bonds is 8. The molecule has 0 unspecified atom stereocenters. The molecule has 0 aliphatic carbocycles. The quantitative estimate of drug-likeness (QED) is 0.246. The zero-order valence-corrected chi connectivity index (χ0v) is 21.4. The van der Waals surface area contributed by atoms with E-state index >= 15 is 0 Å². The summed E-state index contributed by atoms with van der Waals surface area (Å²) in [5.74, 6) is 3.16. The van der Waals surface area contributed by atoms with E-state index in [0.29, 0.717) is 0 Å². The molecule has 4 rings (SSSR count). The maximum absolute atomic E-state index is 5.33. The monoisotopic (exact) mass is 488 g/mol. The number of benzene rings is 4. The highest BCUT2D eigenvalue weighted by Gasteiger charge is 2.07. The molecule has 0 saturated heterocycles. The third-order valence-electron chi connectivity index (χ3n) is 5.89. The summed E-state index contributed by atoms with van der Waals surface area (Å²) < 4.78 is 21.3. The zero-order chi connectivity index (χ0) is 26.0. The molecule has 4 aromatic carbocycles. The third-order valence-corrected chi connectivity index (χ3v) is 5.89. The minimum atomic E-state index is 0.790. The molecule has 4 aromatic rings. The molecule has 4 heteroatoms. The summed E-state index contributed by atoms with van der Waals surface area (Å²) in [6.45, 7) is 0. The molecule has 0 radical (unpaired) electrons. The van der Waals surface area contributed by atoms with E-state index < -0.39 is 0 Å². The van der Waals surface area contributed by atoms with E-state index in [0.717, 1.165) is 56.4 Å². The van der Waals surface area contributed by atoms with Crippen molar-refractivity contribution in [1.82, 2.24) is 0 Å². The van der Waals surface area contributed by atoms with Gasteiger partial charge in [0, 0.05) is 11.1 Å². The second kappa shape index (κ2) is 12.2. The van der Waals surface area contributed by atoms with Crippen LogP contribution in [0, 0.1) is 0 Å². The van der Waals surface area contributed by atoms with E-state index in [9.17, 15) is 0 Å². The Balaban J connectivity index is 1.94. The highest BCUT2D eigenvalue weighted by atomic mass is 16.5. The van der Waals surface area contributed by atoms with Crippen LogP contribution in [0.3, 0.4) is 0 Å². The fourth-order valence-electron chi connectivity index (χ4n) is 3.81. The van der Waals surface area contributed by atoms with Crippen LogP contribution in [-0.2, 0) is 0 Å². The summed E-state index contributed by atoms with van der Waals surface area (Å²) in [4.78, 5) is 0.